The Morgan fingerprint density at radius 3 is 2.45 bits per heavy atom. The van der Waals surface area contributed by atoms with Gasteiger partial charge in [0.1, 0.15) is 5.75 Å². The Kier molecular flexibility index (Phi) is 12.6. The van der Waals surface area contributed by atoms with Gasteiger partial charge in [0.05, 0.1) is 35.3 Å². The maximum Gasteiger partial charge on any atom is 0.258 e. The molecular weight excluding hydrogens is 618 g/mol. The molecule has 3 aromatic rings. The van der Waals surface area contributed by atoms with Crippen LogP contribution in [0.25, 0.3) is 0 Å². The smallest absolute Gasteiger partial charge is 0.258 e. The van der Waals surface area contributed by atoms with Crippen molar-refractivity contribution in [1.29, 1.82) is 0 Å². The quantitative estimate of drug-likeness (QED) is 0.332. The van der Waals surface area contributed by atoms with Gasteiger partial charge in [-0.15, -0.1) is 0 Å². The van der Waals surface area contributed by atoms with Crippen LogP contribution in [0.3, 0.4) is 0 Å². The molecule has 10 nitrogen and oxygen atoms in total. The Morgan fingerprint density at radius 1 is 1.06 bits per heavy atom. The van der Waals surface area contributed by atoms with E-state index in [1.54, 1.807) is 78.6 Å². The summed E-state index contributed by atoms with van der Waals surface area (Å²) in [7, 11) is -2.25. The van der Waals surface area contributed by atoms with E-state index in [1.807, 2.05) is 26.8 Å². The van der Waals surface area contributed by atoms with Gasteiger partial charge in [0.15, 0.2) is 0 Å². The summed E-state index contributed by atoms with van der Waals surface area (Å²) in [6.45, 7) is 7.91. The predicted molar refractivity (Wildman–Crippen MR) is 182 cm³/mol. The van der Waals surface area contributed by atoms with Crippen molar-refractivity contribution in [1.82, 2.24) is 9.21 Å². The van der Waals surface area contributed by atoms with Crippen molar-refractivity contribution in [3.05, 3.63) is 89.5 Å². The molecule has 0 fully saturated rings. The third-order valence-electron chi connectivity index (χ3n) is 8.51. The number of likely N-dealkylation sites (N-methyl/N-ethyl adjacent to an activating group) is 1. The summed E-state index contributed by atoms with van der Waals surface area (Å²) in [6.07, 6.45) is 1.52. The van der Waals surface area contributed by atoms with Gasteiger partial charge >= 0.3 is 0 Å². The van der Waals surface area contributed by atoms with Gasteiger partial charge in [-0.25, -0.2) is 8.42 Å². The number of rotatable bonds is 8. The number of anilines is 1. The predicted octanol–water partition coefficient (Wildman–Crippen LogP) is 5.36. The van der Waals surface area contributed by atoms with Gasteiger partial charge in [-0.3, -0.25) is 9.59 Å². The average molecular weight is 666 g/mol. The molecule has 0 radical (unpaired) electrons. The van der Waals surface area contributed by atoms with E-state index in [4.69, 9.17) is 9.47 Å². The third-order valence-corrected chi connectivity index (χ3v) is 10.3. The van der Waals surface area contributed by atoms with Crippen LogP contribution >= 0.6 is 0 Å². The first-order valence-corrected chi connectivity index (χ1v) is 17.6. The molecule has 11 heteroatoms. The number of carbonyl (C=O) groups is 2. The number of aryl methyl sites for hydroxylation is 1. The Balaban J connectivity index is 1.65. The standard InChI is InChI=1S/C36H47N3O7S/c1-25-14-17-31(18-15-25)47(43,44)38(5)23-34-26(2)22-39(27(3)24-40)36(42)32-21-30(37-35(41)29-12-7-6-8-13-29)16-19-33(32)46-28(4)11-9-10-20-45-34/h6-8,12-19,21,26-28,34,40H,9-11,20,22-24H2,1-5H3,(H,37,41)/t26-,27-,28+,34-/m0/s1. The lowest BCUT2D eigenvalue weighted by molar-refractivity contribution is -0.00834. The van der Waals surface area contributed by atoms with Gasteiger partial charge in [-0.05, 0) is 82.5 Å². The summed E-state index contributed by atoms with van der Waals surface area (Å²) >= 11 is 0. The van der Waals surface area contributed by atoms with Crippen LogP contribution < -0.4 is 10.1 Å². The van der Waals surface area contributed by atoms with Gasteiger partial charge < -0.3 is 24.8 Å². The molecule has 2 N–H and O–H groups in total. The Hall–Kier alpha value is -3.77. The molecule has 254 valence electrons. The number of amides is 2. The number of hydrogen-bond donors (Lipinski definition) is 2. The van der Waals surface area contributed by atoms with Crippen LogP contribution in [0.4, 0.5) is 5.69 Å². The average Bonchev–Trinajstić information content (AvgIpc) is 3.06. The van der Waals surface area contributed by atoms with Crippen molar-refractivity contribution in [3.63, 3.8) is 0 Å². The van der Waals surface area contributed by atoms with Crippen LogP contribution in [-0.4, -0.2) is 86.1 Å². The van der Waals surface area contributed by atoms with Crippen molar-refractivity contribution in [2.24, 2.45) is 5.92 Å². The summed E-state index contributed by atoms with van der Waals surface area (Å²) in [5.74, 6) is -0.618. The summed E-state index contributed by atoms with van der Waals surface area (Å²) in [5, 5.41) is 13.1. The van der Waals surface area contributed by atoms with Gasteiger partial charge in [0.2, 0.25) is 10.0 Å². The molecule has 2 amide bonds. The monoisotopic (exact) mass is 665 g/mol. The molecular formula is C36H47N3O7S. The van der Waals surface area contributed by atoms with E-state index in [-0.39, 0.29) is 54.0 Å². The van der Waals surface area contributed by atoms with E-state index >= 15 is 0 Å². The van der Waals surface area contributed by atoms with Crippen LogP contribution in [-0.2, 0) is 14.8 Å². The third kappa shape index (κ3) is 9.41. The normalized spacial score (nSPS) is 20.5. The number of nitrogens with zero attached hydrogens (tertiary/aromatic N) is 2. The summed E-state index contributed by atoms with van der Waals surface area (Å²) in [6, 6.07) is 20.0. The lowest BCUT2D eigenvalue weighted by Gasteiger charge is -2.35. The van der Waals surface area contributed by atoms with E-state index in [9.17, 15) is 23.1 Å². The van der Waals surface area contributed by atoms with Crippen molar-refractivity contribution in [2.75, 3.05) is 38.7 Å². The number of fused-ring (bicyclic) bond motifs is 1. The molecule has 47 heavy (non-hydrogen) atoms. The molecule has 1 aliphatic heterocycles. The van der Waals surface area contributed by atoms with Crippen LogP contribution in [0.1, 0.15) is 66.3 Å². The topological polar surface area (TPSA) is 125 Å². The number of nitrogens with one attached hydrogen (secondary N) is 1. The molecule has 1 heterocycles. The number of carbonyl (C=O) groups excluding carboxylic acids is 2. The van der Waals surface area contributed by atoms with Crippen molar-refractivity contribution in [3.8, 4) is 5.75 Å². The second-order valence-electron chi connectivity index (χ2n) is 12.4. The summed E-state index contributed by atoms with van der Waals surface area (Å²) < 4.78 is 40.8. The number of aliphatic hydroxyl groups is 1. The van der Waals surface area contributed by atoms with E-state index in [1.165, 1.54) is 11.4 Å². The van der Waals surface area contributed by atoms with E-state index in [0.29, 0.717) is 30.0 Å². The van der Waals surface area contributed by atoms with Gasteiger partial charge in [0, 0.05) is 43.9 Å². The first kappa shape index (κ1) is 36.1. The number of sulfonamides is 1. The van der Waals surface area contributed by atoms with Crippen molar-refractivity contribution in [2.45, 2.75) is 70.1 Å². The fraction of sp³-hybridized carbons (Fsp3) is 0.444. The first-order chi connectivity index (χ1) is 22.4. The van der Waals surface area contributed by atoms with Crippen molar-refractivity contribution < 1.29 is 32.6 Å². The number of benzene rings is 3. The largest absolute Gasteiger partial charge is 0.490 e. The molecule has 0 saturated heterocycles. The first-order valence-electron chi connectivity index (χ1n) is 16.1. The van der Waals surface area contributed by atoms with Crippen LogP contribution in [0.15, 0.2) is 77.7 Å². The second-order valence-corrected chi connectivity index (χ2v) is 14.5. The van der Waals surface area contributed by atoms with E-state index < -0.39 is 22.2 Å². The highest BCUT2D eigenvalue weighted by Crippen LogP contribution is 2.29. The SMILES string of the molecule is Cc1ccc(S(=O)(=O)N(C)C[C@@H]2OCCCC[C@@H](C)Oc3ccc(NC(=O)c4ccccc4)cc3C(=O)N([C@@H](C)CO)C[C@@H]2C)cc1. The zero-order valence-electron chi connectivity index (χ0n) is 27.9. The highest BCUT2D eigenvalue weighted by molar-refractivity contribution is 7.89. The summed E-state index contributed by atoms with van der Waals surface area (Å²) in [4.78, 5) is 29.0. The second kappa shape index (κ2) is 16.4. The zero-order chi connectivity index (χ0) is 34.1. The van der Waals surface area contributed by atoms with Gasteiger partial charge in [-0.1, -0.05) is 42.8 Å². The minimum Gasteiger partial charge on any atom is -0.490 e. The highest BCUT2D eigenvalue weighted by atomic mass is 32.2. The summed E-state index contributed by atoms with van der Waals surface area (Å²) in [5.41, 5.74) is 2.12. The van der Waals surface area contributed by atoms with Gasteiger partial charge in [0.25, 0.3) is 11.8 Å². The number of aliphatic hydroxyl groups excluding tert-OH is 1. The van der Waals surface area contributed by atoms with Crippen molar-refractivity contribution >= 4 is 27.5 Å². The van der Waals surface area contributed by atoms with E-state index in [2.05, 4.69) is 5.32 Å². The maximum absolute atomic E-state index is 14.3. The minimum atomic E-state index is -3.79. The molecule has 0 spiro atoms. The number of hydrogen-bond acceptors (Lipinski definition) is 7. The number of ether oxygens (including phenoxy) is 2. The maximum atomic E-state index is 14.3. The van der Waals surface area contributed by atoms with E-state index in [0.717, 1.165) is 18.4 Å². The fourth-order valence-electron chi connectivity index (χ4n) is 5.50. The Bertz CT molecular complexity index is 1600. The molecule has 4 rings (SSSR count). The molecule has 0 saturated carbocycles. The zero-order valence-corrected chi connectivity index (χ0v) is 28.7. The molecule has 1 aliphatic rings. The molecule has 0 aromatic heterocycles. The van der Waals surface area contributed by atoms with Crippen LogP contribution in [0.2, 0.25) is 0 Å². The molecule has 4 atom stereocenters. The Labute approximate surface area is 278 Å². The van der Waals surface area contributed by atoms with Crippen LogP contribution in [0, 0.1) is 12.8 Å². The van der Waals surface area contributed by atoms with Gasteiger partial charge in [-0.2, -0.15) is 4.31 Å². The molecule has 0 bridgehead atoms. The lowest BCUT2D eigenvalue weighted by atomic mass is 10.0. The highest BCUT2D eigenvalue weighted by Gasteiger charge is 2.32. The van der Waals surface area contributed by atoms with Crippen LogP contribution in [0.5, 0.6) is 5.75 Å². The molecule has 0 aliphatic carbocycles. The molecule has 0 unspecified atom stereocenters. The fourth-order valence-corrected chi connectivity index (χ4v) is 6.68. The molecule has 3 aromatic carbocycles. The Morgan fingerprint density at radius 2 is 1.77 bits per heavy atom. The minimum absolute atomic E-state index is 0.0820. The lowest BCUT2D eigenvalue weighted by Crippen LogP contribution is -2.48.